The second-order valence-electron chi connectivity index (χ2n) is 7.00. The van der Waals surface area contributed by atoms with E-state index in [1.165, 1.54) is 45.3 Å². The molecule has 2 heterocycles. The molecule has 3 fully saturated rings. The van der Waals surface area contributed by atoms with Crippen LogP contribution in [0.1, 0.15) is 46.5 Å². The zero-order valence-corrected chi connectivity index (χ0v) is 12.8. The third-order valence-corrected chi connectivity index (χ3v) is 5.48. The van der Waals surface area contributed by atoms with Crippen LogP contribution in [-0.2, 0) is 4.74 Å². The first-order valence-electron chi connectivity index (χ1n) is 8.30. The molecule has 110 valence electrons. The van der Waals surface area contributed by atoms with E-state index in [9.17, 15) is 0 Å². The van der Waals surface area contributed by atoms with Crippen LogP contribution in [0.3, 0.4) is 0 Å². The van der Waals surface area contributed by atoms with E-state index in [1.54, 1.807) is 0 Å². The van der Waals surface area contributed by atoms with Gasteiger partial charge in [0.1, 0.15) is 0 Å². The lowest BCUT2D eigenvalue weighted by Crippen LogP contribution is -2.63. The Balaban J connectivity index is 1.61. The molecule has 2 unspecified atom stereocenters. The Morgan fingerprint density at radius 2 is 1.95 bits per heavy atom. The first-order chi connectivity index (χ1) is 9.19. The van der Waals surface area contributed by atoms with Crippen LogP contribution in [0.4, 0.5) is 0 Å². The van der Waals surface area contributed by atoms with Crippen LogP contribution in [0, 0.1) is 5.92 Å². The average molecular weight is 266 g/mol. The molecule has 2 aliphatic heterocycles. The summed E-state index contributed by atoms with van der Waals surface area (Å²) in [5.74, 6) is 0.771. The van der Waals surface area contributed by atoms with Gasteiger partial charge in [0.25, 0.3) is 0 Å². The van der Waals surface area contributed by atoms with Gasteiger partial charge in [0.15, 0.2) is 0 Å². The number of rotatable bonds is 4. The van der Waals surface area contributed by atoms with Gasteiger partial charge in [-0.05, 0) is 45.1 Å². The summed E-state index contributed by atoms with van der Waals surface area (Å²) >= 11 is 0. The Hall–Kier alpha value is -0.120. The van der Waals surface area contributed by atoms with Crippen molar-refractivity contribution in [1.29, 1.82) is 0 Å². The van der Waals surface area contributed by atoms with Gasteiger partial charge in [-0.3, -0.25) is 9.80 Å². The zero-order chi connectivity index (χ0) is 13.4. The third-order valence-electron chi connectivity index (χ3n) is 5.48. The van der Waals surface area contributed by atoms with Crippen LogP contribution in [0.25, 0.3) is 0 Å². The molecular weight excluding hydrogens is 236 g/mol. The third kappa shape index (κ3) is 2.70. The monoisotopic (exact) mass is 266 g/mol. The molecule has 1 aliphatic carbocycles. The number of nitrogens with zero attached hydrogens (tertiary/aromatic N) is 2. The summed E-state index contributed by atoms with van der Waals surface area (Å²) < 4.78 is 5.74. The molecule has 3 aliphatic rings. The van der Waals surface area contributed by atoms with Crippen molar-refractivity contribution in [1.82, 2.24) is 9.80 Å². The second kappa shape index (κ2) is 5.71. The SMILES string of the molecule is CCOC1CC(N2CC3CCCN3CC2C(C)C)C1. The molecule has 0 spiro atoms. The molecule has 1 saturated carbocycles. The molecule has 0 aromatic heterocycles. The fourth-order valence-corrected chi connectivity index (χ4v) is 4.26. The van der Waals surface area contributed by atoms with Crippen molar-refractivity contribution in [3.63, 3.8) is 0 Å². The van der Waals surface area contributed by atoms with Gasteiger partial charge >= 0.3 is 0 Å². The van der Waals surface area contributed by atoms with Gasteiger partial charge in [-0.15, -0.1) is 0 Å². The lowest BCUT2D eigenvalue weighted by atomic mass is 9.84. The molecule has 2 atom stereocenters. The highest BCUT2D eigenvalue weighted by atomic mass is 16.5. The van der Waals surface area contributed by atoms with E-state index < -0.39 is 0 Å². The summed E-state index contributed by atoms with van der Waals surface area (Å²) in [6.07, 6.45) is 5.91. The van der Waals surface area contributed by atoms with Crippen LogP contribution in [0.2, 0.25) is 0 Å². The fraction of sp³-hybridized carbons (Fsp3) is 1.00. The normalized spacial score (nSPS) is 40.4. The van der Waals surface area contributed by atoms with Gasteiger partial charge in [-0.25, -0.2) is 0 Å². The second-order valence-corrected chi connectivity index (χ2v) is 7.00. The largest absolute Gasteiger partial charge is 0.378 e. The van der Waals surface area contributed by atoms with E-state index in [0.717, 1.165) is 30.7 Å². The summed E-state index contributed by atoms with van der Waals surface area (Å²) in [5, 5.41) is 0. The van der Waals surface area contributed by atoms with Crippen molar-refractivity contribution in [2.75, 3.05) is 26.2 Å². The Labute approximate surface area is 118 Å². The molecule has 3 heteroatoms. The lowest BCUT2D eigenvalue weighted by Gasteiger charge is -2.53. The fourth-order valence-electron chi connectivity index (χ4n) is 4.26. The van der Waals surface area contributed by atoms with E-state index in [1.807, 2.05) is 0 Å². The van der Waals surface area contributed by atoms with Crippen molar-refractivity contribution in [3.05, 3.63) is 0 Å². The van der Waals surface area contributed by atoms with Crippen molar-refractivity contribution in [2.45, 2.75) is 70.7 Å². The van der Waals surface area contributed by atoms with Gasteiger partial charge < -0.3 is 4.74 Å². The van der Waals surface area contributed by atoms with E-state index in [0.29, 0.717) is 6.10 Å². The number of hydrogen-bond donors (Lipinski definition) is 0. The topological polar surface area (TPSA) is 15.7 Å². The minimum absolute atomic E-state index is 0.546. The molecule has 0 amide bonds. The maximum atomic E-state index is 5.74. The van der Waals surface area contributed by atoms with Crippen molar-refractivity contribution in [3.8, 4) is 0 Å². The van der Waals surface area contributed by atoms with Crippen LogP contribution >= 0.6 is 0 Å². The molecule has 3 nitrogen and oxygen atoms in total. The Morgan fingerprint density at radius 3 is 2.63 bits per heavy atom. The Morgan fingerprint density at radius 1 is 1.16 bits per heavy atom. The highest BCUT2D eigenvalue weighted by Gasteiger charge is 2.44. The predicted octanol–water partition coefficient (Wildman–Crippen LogP) is 2.36. The van der Waals surface area contributed by atoms with Crippen molar-refractivity contribution in [2.24, 2.45) is 5.92 Å². The summed E-state index contributed by atoms with van der Waals surface area (Å²) in [5.41, 5.74) is 0. The number of piperazine rings is 1. The van der Waals surface area contributed by atoms with Crippen molar-refractivity contribution >= 4 is 0 Å². The van der Waals surface area contributed by atoms with Crippen LogP contribution in [-0.4, -0.2) is 60.3 Å². The Kier molecular flexibility index (Phi) is 4.16. The molecule has 0 bridgehead atoms. The van der Waals surface area contributed by atoms with Gasteiger partial charge in [0, 0.05) is 37.8 Å². The minimum Gasteiger partial charge on any atom is -0.378 e. The first kappa shape index (κ1) is 13.8. The lowest BCUT2D eigenvalue weighted by molar-refractivity contribution is -0.0871. The summed E-state index contributed by atoms with van der Waals surface area (Å²) in [4.78, 5) is 5.59. The van der Waals surface area contributed by atoms with Crippen molar-refractivity contribution < 1.29 is 4.74 Å². The zero-order valence-electron chi connectivity index (χ0n) is 12.8. The van der Waals surface area contributed by atoms with Gasteiger partial charge in [-0.1, -0.05) is 13.8 Å². The maximum Gasteiger partial charge on any atom is 0.0604 e. The summed E-state index contributed by atoms with van der Waals surface area (Å²) in [7, 11) is 0. The molecule has 0 N–H and O–H groups in total. The number of fused-ring (bicyclic) bond motifs is 1. The van der Waals surface area contributed by atoms with E-state index >= 15 is 0 Å². The Bertz CT molecular complexity index is 301. The molecule has 0 radical (unpaired) electrons. The highest BCUT2D eigenvalue weighted by Crippen LogP contribution is 2.36. The van der Waals surface area contributed by atoms with Gasteiger partial charge in [-0.2, -0.15) is 0 Å². The smallest absolute Gasteiger partial charge is 0.0604 e. The van der Waals surface area contributed by atoms with Crippen LogP contribution in [0.15, 0.2) is 0 Å². The predicted molar refractivity (Wildman–Crippen MR) is 78.4 cm³/mol. The first-order valence-corrected chi connectivity index (χ1v) is 8.30. The van der Waals surface area contributed by atoms with Gasteiger partial charge in [0.05, 0.1) is 6.10 Å². The minimum atomic E-state index is 0.546. The van der Waals surface area contributed by atoms with E-state index in [2.05, 4.69) is 30.6 Å². The molecule has 3 rings (SSSR count). The maximum absolute atomic E-state index is 5.74. The quantitative estimate of drug-likeness (QED) is 0.777. The summed E-state index contributed by atoms with van der Waals surface area (Å²) in [6.45, 7) is 11.7. The standard InChI is InChI=1S/C16H30N2O/c1-4-19-15-8-14(9-15)18-10-13-6-5-7-17(13)11-16(18)12(2)3/h12-16H,4-11H2,1-3H3. The average Bonchev–Trinajstić information content (AvgIpc) is 2.78. The number of hydrogen-bond acceptors (Lipinski definition) is 3. The molecule has 2 saturated heterocycles. The molecule has 0 aromatic rings. The van der Waals surface area contributed by atoms with E-state index in [-0.39, 0.29) is 0 Å². The molecule has 0 aromatic carbocycles. The van der Waals surface area contributed by atoms with Crippen LogP contribution in [0.5, 0.6) is 0 Å². The molecular formula is C16H30N2O. The molecule has 19 heavy (non-hydrogen) atoms. The van der Waals surface area contributed by atoms with Gasteiger partial charge in [0.2, 0.25) is 0 Å². The number of ether oxygens (including phenoxy) is 1. The van der Waals surface area contributed by atoms with Crippen LogP contribution < -0.4 is 0 Å². The highest BCUT2D eigenvalue weighted by molar-refractivity contribution is 4.99. The van der Waals surface area contributed by atoms with E-state index in [4.69, 9.17) is 4.74 Å². The summed E-state index contributed by atoms with van der Waals surface area (Å²) in [6, 6.07) is 2.41.